The molecular weight excluding hydrogens is 172 g/mol. The molecule has 0 atom stereocenters. The third kappa shape index (κ3) is 1.60. The quantitative estimate of drug-likeness (QED) is 0.684. The molecule has 0 saturated heterocycles. The summed E-state index contributed by atoms with van der Waals surface area (Å²) in [6.45, 7) is 6.32. The van der Waals surface area contributed by atoms with Gasteiger partial charge in [-0.3, -0.25) is 4.98 Å². The topological polar surface area (TPSA) is 25.8 Å². The molecule has 1 aromatic carbocycles. The van der Waals surface area contributed by atoms with Crippen LogP contribution in [0.3, 0.4) is 0 Å². The molecule has 0 N–H and O–H groups in total. The highest BCUT2D eigenvalue weighted by atomic mass is 14.8. The van der Waals surface area contributed by atoms with Crippen molar-refractivity contribution in [1.29, 1.82) is 0 Å². The Kier molecular flexibility index (Phi) is 2.20. The lowest BCUT2D eigenvalue weighted by molar-refractivity contribution is 0.822. The van der Waals surface area contributed by atoms with Gasteiger partial charge in [-0.05, 0) is 30.5 Å². The van der Waals surface area contributed by atoms with Crippen molar-refractivity contribution in [3.8, 4) is 0 Å². The maximum atomic E-state index is 4.55. The second-order valence-electron chi connectivity index (χ2n) is 3.94. The molecule has 14 heavy (non-hydrogen) atoms. The summed E-state index contributed by atoms with van der Waals surface area (Å²) in [5.74, 6) is 0.438. The SMILES string of the molecule is Cc1ccc2nc(C(C)C)cnc2c1. The van der Waals surface area contributed by atoms with Crippen LogP contribution >= 0.6 is 0 Å². The van der Waals surface area contributed by atoms with E-state index in [1.807, 2.05) is 12.3 Å². The van der Waals surface area contributed by atoms with Crippen LogP contribution in [0.15, 0.2) is 24.4 Å². The van der Waals surface area contributed by atoms with Crippen LogP contribution in [0.4, 0.5) is 0 Å². The zero-order valence-electron chi connectivity index (χ0n) is 8.78. The van der Waals surface area contributed by atoms with Crippen LogP contribution < -0.4 is 0 Å². The monoisotopic (exact) mass is 186 g/mol. The van der Waals surface area contributed by atoms with Gasteiger partial charge in [0.1, 0.15) is 0 Å². The number of fused-ring (bicyclic) bond motifs is 1. The van der Waals surface area contributed by atoms with Crippen LogP contribution in [0.25, 0.3) is 11.0 Å². The fraction of sp³-hybridized carbons (Fsp3) is 0.333. The Morgan fingerprint density at radius 1 is 1.14 bits per heavy atom. The predicted octanol–water partition coefficient (Wildman–Crippen LogP) is 3.06. The van der Waals surface area contributed by atoms with Crippen LogP contribution in [0, 0.1) is 6.92 Å². The van der Waals surface area contributed by atoms with Crippen LogP contribution in [0.5, 0.6) is 0 Å². The van der Waals surface area contributed by atoms with E-state index in [0.29, 0.717) is 5.92 Å². The van der Waals surface area contributed by atoms with E-state index < -0.39 is 0 Å². The summed E-state index contributed by atoms with van der Waals surface area (Å²) < 4.78 is 0. The van der Waals surface area contributed by atoms with Gasteiger partial charge in [0.2, 0.25) is 0 Å². The molecule has 0 saturated carbocycles. The molecule has 0 radical (unpaired) electrons. The molecule has 1 aromatic heterocycles. The number of rotatable bonds is 1. The van der Waals surface area contributed by atoms with E-state index in [2.05, 4.69) is 42.9 Å². The van der Waals surface area contributed by atoms with Gasteiger partial charge >= 0.3 is 0 Å². The van der Waals surface area contributed by atoms with Crippen molar-refractivity contribution in [1.82, 2.24) is 9.97 Å². The van der Waals surface area contributed by atoms with E-state index in [1.165, 1.54) is 5.56 Å². The number of hydrogen-bond donors (Lipinski definition) is 0. The molecule has 2 nitrogen and oxygen atoms in total. The molecule has 0 unspecified atom stereocenters. The second-order valence-corrected chi connectivity index (χ2v) is 3.94. The highest BCUT2D eigenvalue weighted by Gasteiger charge is 2.03. The molecule has 0 aliphatic rings. The van der Waals surface area contributed by atoms with Crippen molar-refractivity contribution in [2.75, 3.05) is 0 Å². The minimum atomic E-state index is 0.438. The lowest BCUT2D eigenvalue weighted by Crippen LogP contribution is -1.94. The van der Waals surface area contributed by atoms with Crippen LogP contribution in [-0.2, 0) is 0 Å². The van der Waals surface area contributed by atoms with E-state index >= 15 is 0 Å². The Morgan fingerprint density at radius 3 is 2.64 bits per heavy atom. The maximum Gasteiger partial charge on any atom is 0.0890 e. The maximum absolute atomic E-state index is 4.55. The fourth-order valence-corrected chi connectivity index (χ4v) is 1.41. The number of nitrogens with zero attached hydrogens (tertiary/aromatic N) is 2. The van der Waals surface area contributed by atoms with Crippen LogP contribution in [0.1, 0.15) is 31.0 Å². The minimum absolute atomic E-state index is 0.438. The van der Waals surface area contributed by atoms with Crippen LogP contribution in [-0.4, -0.2) is 9.97 Å². The molecule has 2 heteroatoms. The zero-order chi connectivity index (χ0) is 10.1. The zero-order valence-corrected chi connectivity index (χ0v) is 8.78. The first-order valence-corrected chi connectivity index (χ1v) is 4.90. The highest BCUT2D eigenvalue weighted by molar-refractivity contribution is 5.74. The highest BCUT2D eigenvalue weighted by Crippen LogP contribution is 2.15. The van der Waals surface area contributed by atoms with Gasteiger partial charge in [-0.15, -0.1) is 0 Å². The summed E-state index contributed by atoms with van der Waals surface area (Å²) in [4.78, 5) is 8.95. The lowest BCUT2D eigenvalue weighted by atomic mass is 10.1. The van der Waals surface area contributed by atoms with Crippen molar-refractivity contribution in [3.63, 3.8) is 0 Å². The third-order valence-electron chi connectivity index (χ3n) is 2.31. The lowest BCUT2D eigenvalue weighted by Gasteiger charge is -2.05. The Bertz CT molecular complexity index is 461. The molecule has 0 bridgehead atoms. The first-order valence-electron chi connectivity index (χ1n) is 4.90. The normalized spacial score (nSPS) is 11.1. The van der Waals surface area contributed by atoms with E-state index in [-0.39, 0.29) is 0 Å². The van der Waals surface area contributed by atoms with Crippen molar-refractivity contribution in [3.05, 3.63) is 35.7 Å². The molecule has 2 aromatic rings. The van der Waals surface area contributed by atoms with Crippen LogP contribution in [0.2, 0.25) is 0 Å². The van der Waals surface area contributed by atoms with Gasteiger partial charge in [0.15, 0.2) is 0 Å². The summed E-state index contributed by atoms with van der Waals surface area (Å²) >= 11 is 0. The van der Waals surface area contributed by atoms with E-state index in [1.54, 1.807) is 0 Å². The molecule has 1 heterocycles. The van der Waals surface area contributed by atoms with Crippen molar-refractivity contribution >= 4 is 11.0 Å². The second kappa shape index (κ2) is 3.37. The third-order valence-corrected chi connectivity index (χ3v) is 2.31. The largest absolute Gasteiger partial charge is 0.253 e. The summed E-state index contributed by atoms with van der Waals surface area (Å²) in [6.07, 6.45) is 1.87. The Balaban J connectivity index is 2.62. The summed E-state index contributed by atoms with van der Waals surface area (Å²) in [7, 11) is 0. The first kappa shape index (κ1) is 9.13. The average Bonchev–Trinajstić information content (AvgIpc) is 2.16. The summed E-state index contributed by atoms with van der Waals surface area (Å²) in [6, 6.07) is 6.16. The van der Waals surface area contributed by atoms with Crippen molar-refractivity contribution < 1.29 is 0 Å². The van der Waals surface area contributed by atoms with E-state index in [0.717, 1.165) is 16.7 Å². The van der Waals surface area contributed by atoms with Gasteiger partial charge in [-0.2, -0.15) is 0 Å². The van der Waals surface area contributed by atoms with Gasteiger partial charge in [-0.25, -0.2) is 4.98 Å². The molecule has 0 spiro atoms. The first-order chi connectivity index (χ1) is 6.66. The molecule has 72 valence electrons. The molecule has 0 amide bonds. The average molecular weight is 186 g/mol. The van der Waals surface area contributed by atoms with Gasteiger partial charge in [-0.1, -0.05) is 19.9 Å². The number of benzene rings is 1. The van der Waals surface area contributed by atoms with Gasteiger partial charge < -0.3 is 0 Å². The smallest absolute Gasteiger partial charge is 0.0890 e. The Labute approximate surface area is 84.0 Å². The summed E-state index contributed by atoms with van der Waals surface area (Å²) in [5, 5.41) is 0. The molecule has 0 aliphatic carbocycles. The number of aromatic nitrogens is 2. The Morgan fingerprint density at radius 2 is 1.93 bits per heavy atom. The van der Waals surface area contributed by atoms with E-state index in [9.17, 15) is 0 Å². The van der Waals surface area contributed by atoms with Crippen molar-refractivity contribution in [2.45, 2.75) is 26.7 Å². The standard InChI is InChI=1S/C12H14N2/c1-8(2)12-7-13-11-6-9(3)4-5-10(11)14-12/h4-8H,1-3H3. The Hall–Kier alpha value is -1.44. The van der Waals surface area contributed by atoms with Gasteiger partial charge in [0.25, 0.3) is 0 Å². The predicted molar refractivity (Wildman–Crippen MR) is 58.4 cm³/mol. The molecular formula is C12H14N2. The molecule has 0 fully saturated rings. The molecule has 0 aliphatic heterocycles. The van der Waals surface area contributed by atoms with Gasteiger partial charge in [0, 0.05) is 6.20 Å². The molecule has 2 rings (SSSR count). The van der Waals surface area contributed by atoms with Crippen molar-refractivity contribution in [2.24, 2.45) is 0 Å². The minimum Gasteiger partial charge on any atom is -0.253 e. The number of aryl methyl sites for hydroxylation is 1. The van der Waals surface area contributed by atoms with Gasteiger partial charge in [0.05, 0.1) is 16.7 Å². The summed E-state index contributed by atoms with van der Waals surface area (Å²) in [5.41, 5.74) is 4.25. The fourth-order valence-electron chi connectivity index (χ4n) is 1.41. The van der Waals surface area contributed by atoms with E-state index in [4.69, 9.17) is 0 Å². The number of hydrogen-bond acceptors (Lipinski definition) is 2.